The van der Waals surface area contributed by atoms with E-state index in [1.165, 1.54) is 24.3 Å². The van der Waals surface area contributed by atoms with Crippen LogP contribution in [0.4, 0.5) is 22.4 Å². The van der Waals surface area contributed by atoms with E-state index in [1.807, 2.05) is 0 Å². The smallest absolute Gasteiger partial charge is 0.338 e. The van der Waals surface area contributed by atoms with Gasteiger partial charge in [0.05, 0.1) is 30.0 Å². The maximum absolute atomic E-state index is 16.0. The van der Waals surface area contributed by atoms with Crippen molar-refractivity contribution in [3.63, 3.8) is 0 Å². The molecule has 292 valence electrons. The molecule has 3 aromatic rings. The number of alkyl halides is 3. The molecule has 3 N–H and O–H groups in total. The number of benzene rings is 3. The summed E-state index contributed by atoms with van der Waals surface area (Å²) >= 11 is 0. The fourth-order valence-corrected chi connectivity index (χ4v) is 12.8. The molecule has 2 fully saturated rings. The minimum atomic E-state index is -4.51. The Morgan fingerprint density at radius 2 is 1.43 bits per heavy atom. The number of amides is 2. The number of nitrogens with zero attached hydrogens (tertiary/aromatic N) is 1. The van der Waals surface area contributed by atoms with Crippen LogP contribution in [0.2, 0.25) is 0 Å². The molecular weight excluding hydrogens is 734 g/mol. The zero-order chi connectivity index (χ0) is 38.6. The van der Waals surface area contributed by atoms with E-state index >= 15 is 4.39 Å². The first-order valence-corrected chi connectivity index (χ1v) is 21.4. The van der Waals surface area contributed by atoms with Gasteiger partial charge in [0.1, 0.15) is 5.82 Å². The molecule has 0 bridgehead atoms. The van der Waals surface area contributed by atoms with E-state index in [1.54, 1.807) is 69.0 Å². The highest BCUT2D eigenvalue weighted by molar-refractivity contribution is 7.78. The highest BCUT2D eigenvalue weighted by atomic mass is 31.3. The van der Waals surface area contributed by atoms with Gasteiger partial charge >= 0.3 is 12.2 Å². The lowest BCUT2D eigenvalue weighted by Gasteiger charge is -2.39. The van der Waals surface area contributed by atoms with Gasteiger partial charge in [0.15, 0.2) is 5.40 Å². The van der Waals surface area contributed by atoms with Crippen molar-refractivity contribution in [2.45, 2.75) is 109 Å². The molecule has 15 heteroatoms. The van der Waals surface area contributed by atoms with E-state index in [0.717, 1.165) is 31.7 Å². The summed E-state index contributed by atoms with van der Waals surface area (Å²) in [6.45, 7) is 9.77. The number of unbranched alkanes of at least 4 members (excludes halogenated alkanes) is 3. The minimum Gasteiger partial charge on any atom is -0.338 e. The van der Waals surface area contributed by atoms with Gasteiger partial charge in [-0.2, -0.15) is 13.2 Å². The van der Waals surface area contributed by atoms with Crippen LogP contribution in [0.15, 0.2) is 66.7 Å². The molecule has 5 rings (SSSR count). The first kappa shape index (κ1) is 41.4. The van der Waals surface area contributed by atoms with E-state index in [4.69, 9.17) is 18.1 Å². The van der Waals surface area contributed by atoms with Crippen LogP contribution >= 0.6 is 15.9 Å². The van der Waals surface area contributed by atoms with Crippen LogP contribution in [-0.4, -0.2) is 58.2 Å². The number of hydrogen-bond acceptors (Lipinski definition) is 7. The zero-order valence-electron chi connectivity index (χ0n) is 30.7. The highest BCUT2D eigenvalue weighted by Gasteiger charge is 2.61. The normalized spacial score (nSPS) is 26.5. The predicted molar refractivity (Wildman–Crippen MR) is 198 cm³/mol. The van der Waals surface area contributed by atoms with Crippen molar-refractivity contribution in [3.8, 4) is 11.1 Å². The topological polar surface area (TPSA) is 110 Å². The van der Waals surface area contributed by atoms with E-state index in [-0.39, 0.29) is 42.2 Å². The van der Waals surface area contributed by atoms with Crippen molar-refractivity contribution < 1.29 is 50.2 Å². The molecule has 0 aromatic heterocycles. The monoisotopic (exact) mass is 784 g/mol. The molecule has 0 aliphatic carbocycles. The van der Waals surface area contributed by atoms with Gasteiger partial charge in [-0.25, -0.2) is 9.18 Å². The Hall–Kier alpha value is -2.73. The molecule has 53 heavy (non-hydrogen) atoms. The summed E-state index contributed by atoms with van der Waals surface area (Å²) in [4.78, 5) is 38.3. The Bertz CT molecular complexity index is 1650. The third-order valence-electron chi connectivity index (χ3n) is 9.70. The molecule has 9 nitrogen and oxygen atoms in total. The molecule has 2 amide bonds. The number of carbonyl (C=O) groups is 1. The van der Waals surface area contributed by atoms with Crippen molar-refractivity contribution >= 4 is 21.9 Å². The summed E-state index contributed by atoms with van der Waals surface area (Å²) in [6, 6.07) is 15.9. The first-order chi connectivity index (χ1) is 25.0. The van der Waals surface area contributed by atoms with Crippen LogP contribution < -0.4 is 5.32 Å². The number of carbonyl (C=O) groups excluding carboxylic acids is 1. The standard InChI is InChI=1S/C38H50F4N2O7P2/c1-6-7-8-11-21-43-37(45)44(24-29-14-16-30(17-15-29)33-12-9-10-13-34(33)38(40,41)42)22-20-31-18-19-32(23-35(31)39)36(52(46)48-25(2)26(3)49-52)53(47)50-27(4)28(5)51-53/h9-10,12-19,23,25-28,36,46-47H,6-8,11,20-22,24H2,1-5H3,(H,43,45). The minimum absolute atomic E-state index is 0.0584. The summed E-state index contributed by atoms with van der Waals surface area (Å²) in [5.41, 5.74) is 0.893. The number of halogens is 4. The van der Waals surface area contributed by atoms with Crippen molar-refractivity contribution in [2.24, 2.45) is 0 Å². The van der Waals surface area contributed by atoms with Gasteiger partial charge in [0.2, 0.25) is 15.9 Å². The molecule has 2 heterocycles. The molecule has 2 aliphatic heterocycles. The van der Waals surface area contributed by atoms with Crippen LogP contribution in [0.25, 0.3) is 11.1 Å². The lowest BCUT2D eigenvalue weighted by molar-refractivity contribution is -0.137. The summed E-state index contributed by atoms with van der Waals surface area (Å²) in [5.74, 6) is -0.626. The van der Waals surface area contributed by atoms with Crippen molar-refractivity contribution in [1.29, 1.82) is 0 Å². The van der Waals surface area contributed by atoms with Crippen molar-refractivity contribution in [3.05, 3.63) is 94.8 Å². The Kier molecular flexibility index (Phi) is 13.6. The molecule has 2 radical (unpaired) electrons. The summed E-state index contributed by atoms with van der Waals surface area (Å²) in [7, 11) is -7.67. The highest BCUT2D eigenvalue weighted by Crippen LogP contribution is 2.90. The largest absolute Gasteiger partial charge is 0.417 e. The molecule has 2 saturated heterocycles. The maximum atomic E-state index is 16.0. The Morgan fingerprint density at radius 1 is 0.849 bits per heavy atom. The number of urea groups is 1. The van der Waals surface area contributed by atoms with E-state index in [2.05, 4.69) is 12.2 Å². The first-order valence-electron chi connectivity index (χ1n) is 18.1. The summed E-state index contributed by atoms with van der Waals surface area (Å²) in [6.07, 6.45) is -2.47. The molecule has 2 aliphatic rings. The van der Waals surface area contributed by atoms with Gasteiger partial charge in [0, 0.05) is 19.6 Å². The fourth-order valence-electron chi connectivity index (χ4n) is 6.42. The van der Waals surface area contributed by atoms with Gasteiger partial charge in [0.25, 0.3) is 0 Å². The second-order valence-electron chi connectivity index (χ2n) is 13.8. The second-order valence-corrected chi connectivity index (χ2v) is 18.3. The SMILES string of the molecule is CCCCCCNC(=O)N(CCc1ccc(C([P]2(O)OC(C)C(C)O2)[P]2(O)OC(C)C(C)O2)cc1F)Cc1ccc(-c2ccccc2C(F)(F)F)cc1. The summed E-state index contributed by atoms with van der Waals surface area (Å²) < 4.78 is 80.5. The number of nitrogens with one attached hydrogen (secondary N) is 1. The Balaban J connectivity index is 1.36. The summed E-state index contributed by atoms with van der Waals surface area (Å²) in [5, 5.41) is 1.66. The molecule has 0 saturated carbocycles. The zero-order valence-corrected chi connectivity index (χ0v) is 32.5. The lowest BCUT2D eigenvalue weighted by atomic mass is 9.98. The van der Waals surface area contributed by atoms with Crippen LogP contribution in [-0.2, 0) is 37.2 Å². The molecular formula is C38H50F4N2O7P2. The second kappa shape index (κ2) is 17.4. The van der Waals surface area contributed by atoms with Crippen LogP contribution in [0, 0.1) is 5.82 Å². The van der Waals surface area contributed by atoms with Crippen molar-refractivity contribution in [1.82, 2.24) is 10.2 Å². The average Bonchev–Trinajstić information content (AvgIpc) is 3.52. The van der Waals surface area contributed by atoms with E-state index < -0.39 is 63.3 Å². The number of hydrogen-bond donors (Lipinski definition) is 3. The molecule has 3 aromatic carbocycles. The Morgan fingerprint density at radius 3 is 1.98 bits per heavy atom. The lowest BCUT2D eigenvalue weighted by Crippen LogP contribution is -2.41. The molecule has 4 atom stereocenters. The van der Waals surface area contributed by atoms with Gasteiger partial charge in [-0.05, 0) is 80.5 Å². The van der Waals surface area contributed by atoms with Crippen molar-refractivity contribution in [2.75, 3.05) is 13.1 Å². The van der Waals surface area contributed by atoms with Gasteiger partial charge < -0.3 is 38.1 Å². The number of rotatable bonds is 14. The van der Waals surface area contributed by atoms with Gasteiger partial charge in [-0.1, -0.05) is 80.8 Å². The molecule has 4 unspecified atom stereocenters. The average molecular weight is 785 g/mol. The van der Waals surface area contributed by atoms with Crippen LogP contribution in [0.5, 0.6) is 0 Å². The predicted octanol–water partition coefficient (Wildman–Crippen LogP) is 10.0. The third kappa shape index (κ3) is 9.93. The van der Waals surface area contributed by atoms with Gasteiger partial charge in [-0.15, -0.1) is 0 Å². The fraction of sp³-hybridized carbons (Fsp3) is 0.500. The van der Waals surface area contributed by atoms with E-state index in [9.17, 15) is 27.8 Å². The quantitative estimate of drug-likeness (QED) is 0.0849. The van der Waals surface area contributed by atoms with E-state index in [0.29, 0.717) is 17.7 Å². The Labute approximate surface area is 310 Å². The maximum Gasteiger partial charge on any atom is 0.417 e. The van der Waals surface area contributed by atoms with Crippen LogP contribution in [0.1, 0.15) is 88.0 Å². The third-order valence-corrected chi connectivity index (χ3v) is 15.8. The van der Waals surface area contributed by atoms with Gasteiger partial charge in [-0.3, -0.25) is 0 Å². The van der Waals surface area contributed by atoms with Crippen LogP contribution in [0.3, 0.4) is 0 Å². The molecule has 0 spiro atoms.